The van der Waals surface area contributed by atoms with Crippen LogP contribution in [0.15, 0.2) is 29.3 Å². The molecule has 0 atom stereocenters. The molecule has 0 amide bonds. The normalized spacial score (nSPS) is 22.1. The van der Waals surface area contributed by atoms with Crippen molar-refractivity contribution >= 4 is 23.1 Å². The van der Waals surface area contributed by atoms with E-state index >= 15 is 0 Å². The second-order valence-corrected chi connectivity index (χ2v) is 6.18. The molecule has 1 fully saturated rings. The first-order valence-electron chi connectivity index (χ1n) is 6.60. The fraction of sp³-hybridized carbons (Fsp3) is 0.533. The molecular weight excluding hydrogens is 276 g/mol. The first-order chi connectivity index (χ1) is 9.25. The number of halogens is 1. The van der Waals surface area contributed by atoms with Gasteiger partial charge in [-0.15, -0.1) is 11.6 Å². The molecule has 5 heteroatoms. The summed E-state index contributed by atoms with van der Waals surface area (Å²) in [7, 11) is 0. The maximum absolute atomic E-state index is 5.99. The van der Waals surface area contributed by atoms with Gasteiger partial charge in [-0.3, -0.25) is 0 Å². The molecule has 2 N–H and O–H groups in total. The molecule has 110 valence electrons. The number of amidine groups is 1. The number of rotatable bonds is 3. The lowest BCUT2D eigenvalue weighted by Crippen LogP contribution is -2.41. The van der Waals surface area contributed by atoms with E-state index in [1.807, 2.05) is 52.0 Å². The number of hydrogen-bond acceptors (Lipinski definition) is 3. The third-order valence-corrected chi connectivity index (χ3v) is 4.10. The SMILES string of the molecule is CC1(C)OC(c2ccc(N=C(N)CCl)cc2)OC1(C)C. The Labute approximate surface area is 124 Å². The summed E-state index contributed by atoms with van der Waals surface area (Å²) in [6.45, 7) is 8.14. The monoisotopic (exact) mass is 296 g/mol. The topological polar surface area (TPSA) is 56.8 Å². The van der Waals surface area contributed by atoms with Crippen molar-refractivity contribution in [1.29, 1.82) is 0 Å². The minimum absolute atomic E-state index is 0.221. The summed E-state index contributed by atoms with van der Waals surface area (Å²) in [4.78, 5) is 4.18. The highest BCUT2D eigenvalue weighted by atomic mass is 35.5. The summed E-state index contributed by atoms with van der Waals surface area (Å²) in [5, 5.41) is 0. The zero-order valence-corrected chi connectivity index (χ0v) is 13.1. The number of nitrogens with zero attached hydrogens (tertiary/aromatic N) is 1. The maximum Gasteiger partial charge on any atom is 0.185 e. The second-order valence-electron chi connectivity index (χ2n) is 5.92. The van der Waals surface area contributed by atoms with Crippen molar-refractivity contribution in [2.24, 2.45) is 10.7 Å². The maximum atomic E-state index is 5.99. The van der Waals surface area contributed by atoms with Crippen molar-refractivity contribution in [2.75, 3.05) is 5.88 Å². The number of hydrogen-bond donors (Lipinski definition) is 1. The number of ether oxygens (including phenoxy) is 2. The fourth-order valence-corrected chi connectivity index (χ4v) is 1.94. The van der Waals surface area contributed by atoms with Crippen LogP contribution >= 0.6 is 11.6 Å². The van der Waals surface area contributed by atoms with Crippen molar-refractivity contribution in [1.82, 2.24) is 0 Å². The molecule has 2 rings (SSSR count). The van der Waals surface area contributed by atoms with Gasteiger partial charge in [0, 0.05) is 5.56 Å². The van der Waals surface area contributed by atoms with Gasteiger partial charge in [-0.05, 0) is 39.8 Å². The van der Waals surface area contributed by atoms with Gasteiger partial charge in [0.25, 0.3) is 0 Å². The van der Waals surface area contributed by atoms with E-state index in [0.717, 1.165) is 11.3 Å². The molecule has 0 aromatic heterocycles. The van der Waals surface area contributed by atoms with Crippen LogP contribution in [0.4, 0.5) is 5.69 Å². The van der Waals surface area contributed by atoms with Crippen molar-refractivity contribution in [2.45, 2.75) is 45.2 Å². The third kappa shape index (κ3) is 2.97. The summed E-state index contributed by atoms with van der Waals surface area (Å²) in [6, 6.07) is 7.62. The summed E-state index contributed by atoms with van der Waals surface area (Å²) >= 11 is 5.60. The van der Waals surface area contributed by atoms with E-state index in [4.69, 9.17) is 26.8 Å². The van der Waals surface area contributed by atoms with Gasteiger partial charge in [0.1, 0.15) is 5.84 Å². The average Bonchev–Trinajstić information content (AvgIpc) is 2.59. The average molecular weight is 297 g/mol. The largest absolute Gasteiger partial charge is 0.386 e. The molecule has 0 aliphatic carbocycles. The highest BCUT2D eigenvalue weighted by Gasteiger charge is 2.49. The van der Waals surface area contributed by atoms with E-state index < -0.39 is 0 Å². The zero-order valence-electron chi connectivity index (χ0n) is 12.3. The van der Waals surface area contributed by atoms with E-state index in [1.54, 1.807) is 0 Å². The van der Waals surface area contributed by atoms with Crippen LogP contribution in [-0.4, -0.2) is 22.9 Å². The summed E-state index contributed by atoms with van der Waals surface area (Å²) in [5.74, 6) is 0.619. The second kappa shape index (κ2) is 5.35. The Hall–Kier alpha value is -1.10. The number of benzene rings is 1. The Bertz CT molecular complexity index is 493. The predicted molar refractivity (Wildman–Crippen MR) is 81.5 cm³/mol. The Morgan fingerprint density at radius 2 is 1.65 bits per heavy atom. The lowest BCUT2D eigenvalue weighted by Gasteiger charge is -2.30. The van der Waals surface area contributed by atoms with Gasteiger partial charge in [0.2, 0.25) is 0 Å². The van der Waals surface area contributed by atoms with Gasteiger partial charge in [-0.1, -0.05) is 12.1 Å². The highest BCUT2D eigenvalue weighted by molar-refractivity contribution is 6.28. The summed E-state index contributed by atoms with van der Waals surface area (Å²) < 4.78 is 12.0. The Kier molecular flexibility index (Phi) is 4.09. The van der Waals surface area contributed by atoms with E-state index in [-0.39, 0.29) is 23.4 Å². The van der Waals surface area contributed by atoms with Crippen LogP contribution < -0.4 is 5.73 Å². The molecule has 0 unspecified atom stereocenters. The molecule has 20 heavy (non-hydrogen) atoms. The number of alkyl halides is 1. The van der Waals surface area contributed by atoms with Crippen LogP contribution in [0.3, 0.4) is 0 Å². The molecule has 1 aliphatic rings. The molecule has 0 radical (unpaired) electrons. The van der Waals surface area contributed by atoms with Gasteiger partial charge in [0.05, 0.1) is 22.8 Å². The Morgan fingerprint density at radius 1 is 1.15 bits per heavy atom. The number of aliphatic imine (C=N–C) groups is 1. The molecule has 4 nitrogen and oxygen atoms in total. The van der Waals surface area contributed by atoms with E-state index in [2.05, 4.69) is 4.99 Å². The van der Waals surface area contributed by atoms with Gasteiger partial charge in [-0.2, -0.15) is 0 Å². The molecule has 1 saturated heterocycles. The Balaban J connectivity index is 2.16. The van der Waals surface area contributed by atoms with Gasteiger partial charge in [-0.25, -0.2) is 4.99 Å². The molecule has 0 bridgehead atoms. The standard InChI is InChI=1S/C15H21ClN2O2/c1-14(2)15(3,4)20-13(19-14)10-5-7-11(8-6-10)18-12(17)9-16/h5-8,13H,9H2,1-4H3,(H2,17,18). The van der Waals surface area contributed by atoms with Crippen LogP contribution in [0.25, 0.3) is 0 Å². The van der Waals surface area contributed by atoms with Crippen LogP contribution in [-0.2, 0) is 9.47 Å². The minimum atomic E-state index is -0.358. The molecular formula is C15H21ClN2O2. The van der Waals surface area contributed by atoms with Crippen LogP contribution in [0.1, 0.15) is 39.5 Å². The number of nitrogens with two attached hydrogens (primary N) is 1. The molecule has 0 spiro atoms. The molecule has 1 aromatic carbocycles. The summed E-state index contributed by atoms with van der Waals surface area (Å²) in [6.07, 6.45) is -0.358. The lowest BCUT2D eigenvalue weighted by molar-refractivity contribution is -0.0895. The smallest absolute Gasteiger partial charge is 0.185 e. The van der Waals surface area contributed by atoms with Crippen LogP contribution in [0.2, 0.25) is 0 Å². The van der Waals surface area contributed by atoms with Crippen molar-refractivity contribution in [3.63, 3.8) is 0 Å². The van der Waals surface area contributed by atoms with E-state index in [9.17, 15) is 0 Å². The minimum Gasteiger partial charge on any atom is -0.386 e. The highest BCUT2D eigenvalue weighted by Crippen LogP contribution is 2.44. The van der Waals surface area contributed by atoms with Crippen molar-refractivity contribution in [3.8, 4) is 0 Å². The predicted octanol–water partition coefficient (Wildman–Crippen LogP) is 3.52. The molecule has 1 heterocycles. The van der Waals surface area contributed by atoms with Crippen LogP contribution in [0.5, 0.6) is 0 Å². The first kappa shape index (κ1) is 15.3. The van der Waals surface area contributed by atoms with Gasteiger partial charge >= 0.3 is 0 Å². The van der Waals surface area contributed by atoms with Crippen LogP contribution in [0, 0.1) is 0 Å². The summed E-state index contributed by atoms with van der Waals surface area (Å²) in [5.41, 5.74) is 6.67. The van der Waals surface area contributed by atoms with Crippen molar-refractivity contribution in [3.05, 3.63) is 29.8 Å². The zero-order chi connectivity index (χ0) is 15.0. The quantitative estimate of drug-likeness (QED) is 0.527. The molecule has 1 aromatic rings. The first-order valence-corrected chi connectivity index (χ1v) is 7.13. The van der Waals surface area contributed by atoms with Gasteiger partial charge in [0.15, 0.2) is 6.29 Å². The van der Waals surface area contributed by atoms with E-state index in [1.165, 1.54) is 0 Å². The molecule has 0 saturated carbocycles. The van der Waals surface area contributed by atoms with Gasteiger partial charge < -0.3 is 15.2 Å². The fourth-order valence-electron chi connectivity index (χ4n) is 1.88. The lowest BCUT2D eigenvalue weighted by atomic mass is 9.90. The molecule has 1 aliphatic heterocycles. The Morgan fingerprint density at radius 3 is 2.10 bits per heavy atom. The third-order valence-electron chi connectivity index (χ3n) is 3.83. The van der Waals surface area contributed by atoms with Crippen molar-refractivity contribution < 1.29 is 9.47 Å². The van der Waals surface area contributed by atoms with E-state index in [0.29, 0.717) is 5.84 Å².